The van der Waals surface area contributed by atoms with Gasteiger partial charge >= 0.3 is 0 Å². The van der Waals surface area contributed by atoms with Crippen LogP contribution in [0.1, 0.15) is 40.0 Å². The minimum absolute atomic E-state index is 0.139. The van der Waals surface area contributed by atoms with Crippen LogP contribution >= 0.6 is 11.8 Å². The van der Waals surface area contributed by atoms with Crippen LogP contribution < -0.4 is 0 Å². The molecule has 2 amide bonds. The Kier molecular flexibility index (Phi) is 6.89. The van der Waals surface area contributed by atoms with Crippen molar-refractivity contribution < 1.29 is 9.59 Å². The zero-order valence-corrected chi connectivity index (χ0v) is 19.7. The largest absolute Gasteiger partial charge is 0.342 e. The molecule has 6 nitrogen and oxygen atoms in total. The summed E-state index contributed by atoms with van der Waals surface area (Å²) in [5.74, 6) is 2.30. The number of thioether (sulfide) groups is 1. The van der Waals surface area contributed by atoms with Crippen LogP contribution in [0.25, 0.3) is 11.0 Å². The number of para-hydroxylation sites is 2. The molecule has 1 aromatic heterocycles. The summed E-state index contributed by atoms with van der Waals surface area (Å²) in [6.45, 7) is 10.3. The first kappa shape index (κ1) is 22.2. The fraction of sp³-hybridized carbons (Fsp3) is 0.625. The van der Waals surface area contributed by atoms with Gasteiger partial charge in [-0.15, -0.1) is 0 Å². The van der Waals surface area contributed by atoms with Crippen LogP contribution in [0.15, 0.2) is 29.4 Å². The summed E-state index contributed by atoms with van der Waals surface area (Å²) in [6, 6.07) is 7.92. The highest BCUT2D eigenvalue weighted by molar-refractivity contribution is 7.99. The Bertz CT molecular complexity index is 933. The molecule has 0 aliphatic carbocycles. The molecule has 2 saturated heterocycles. The molecule has 0 saturated carbocycles. The highest BCUT2D eigenvalue weighted by Gasteiger charge is 2.27. The predicted octanol–water partition coefficient (Wildman–Crippen LogP) is 3.89. The van der Waals surface area contributed by atoms with Gasteiger partial charge in [-0.25, -0.2) is 4.98 Å². The van der Waals surface area contributed by atoms with Crippen LogP contribution in [0, 0.1) is 17.8 Å². The molecule has 4 rings (SSSR count). The molecule has 3 heterocycles. The standard InChI is InChI=1S/C24H34N4O2S/c1-17-7-6-10-26(12-17)23(30)16-31-24-25-20-8-4-5-9-21(20)28(24)15-22(29)27-13-18(2)11-19(3)14-27/h4-5,8-9,17-19H,6-7,10-16H2,1-3H3/t17-,18+,19+/m1/s1. The molecule has 0 unspecified atom stereocenters. The number of rotatable bonds is 5. The molecule has 1 aromatic carbocycles. The molecular formula is C24H34N4O2S. The second-order valence-corrected chi connectivity index (χ2v) is 10.5. The predicted molar refractivity (Wildman–Crippen MR) is 125 cm³/mol. The topological polar surface area (TPSA) is 58.4 Å². The third kappa shape index (κ3) is 5.25. The van der Waals surface area contributed by atoms with Gasteiger partial charge < -0.3 is 14.4 Å². The van der Waals surface area contributed by atoms with Gasteiger partial charge in [-0.05, 0) is 49.1 Å². The minimum atomic E-state index is 0.139. The summed E-state index contributed by atoms with van der Waals surface area (Å²) < 4.78 is 2.00. The molecule has 2 aliphatic heterocycles. The van der Waals surface area contributed by atoms with Gasteiger partial charge in [0.1, 0.15) is 6.54 Å². The van der Waals surface area contributed by atoms with Crippen molar-refractivity contribution >= 4 is 34.6 Å². The van der Waals surface area contributed by atoms with E-state index in [4.69, 9.17) is 4.98 Å². The van der Waals surface area contributed by atoms with Gasteiger partial charge in [0.25, 0.3) is 0 Å². The number of carbonyl (C=O) groups excluding carboxylic acids is 2. The maximum atomic E-state index is 13.2. The molecule has 2 fully saturated rings. The summed E-state index contributed by atoms with van der Waals surface area (Å²) in [5, 5.41) is 0.756. The number of fused-ring (bicyclic) bond motifs is 1. The van der Waals surface area contributed by atoms with E-state index in [9.17, 15) is 9.59 Å². The lowest BCUT2D eigenvalue weighted by atomic mass is 9.92. The molecule has 2 aliphatic rings. The van der Waals surface area contributed by atoms with Crippen LogP contribution in [-0.2, 0) is 16.1 Å². The van der Waals surface area contributed by atoms with E-state index in [1.807, 2.05) is 38.6 Å². The third-order valence-electron chi connectivity index (χ3n) is 6.47. The lowest BCUT2D eigenvalue weighted by molar-refractivity contribution is -0.134. The van der Waals surface area contributed by atoms with E-state index in [1.165, 1.54) is 24.6 Å². The quantitative estimate of drug-likeness (QED) is 0.659. The number of likely N-dealkylation sites (tertiary alicyclic amines) is 2. The third-order valence-corrected chi connectivity index (χ3v) is 7.43. The Balaban J connectivity index is 1.49. The first-order valence-electron chi connectivity index (χ1n) is 11.5. The second-order valence-electron chi connectivity index (χ2n) is 9.59. The monoisotopic (exact) mass is 442 g/mol. The van der Waals surface area contributed by atoms with Crippen molar-refractivity contribution in [2.45, 2.75) is 51.7 Å². The van der Waals surface area contributed by atoms with Gasteiger partial charge in [-0.3, -0.25) is 9.59 Å². The van der Waals surface area contributed by atoms with E-state index in [1.54, 1.807) is 0 Å². The number of benzene rings is 1. The van der Waals surface area contributed by atoms with Gasteiger partial charge in [0.2, 0.25) is 11.8 Å². The Hall–Kier alpha value is -2.02. The summed E-state index contributed by atoms with van der Waals surface area (Å²) in [4.78, 5) is 34.7. The Morgan fingerprint density at radius 1 is 1.00 bits per heavy atom. The van der Waals surface area contributed by atoms with Crippen molar-refractivity contribution in [3.63, 3.8) is 0 Å². The summed E-state index contributed by atoms with van der Waals surface area (Å²) in [7, 11) is 0. The van der Waals surface area contributed by atoms with E-state index >= 15 is 0 Å². The number of nitrogens with zero attached hydrogens (tertiary/aromatic N) is 4. The number of carbonyl (C=O) groups is 2. The van der Waals surface area contributed by atoms with Gasteiger partial charge in [0.15, 0.2) is 5.16 Å². The number of amides is 2. The first-order valence-corrected chi connectivity index (χ1v) is 12.5. The Morgan fingerprint density at radius 3 is 2.45 bits per heavy atom. The highest BCUT2D eigenvalue weighted by atomic mass is 32.2. The van der Waals surface area contributed by atoms with Crippen molar-refractivity contribution in [2.75, 3.05) is 31.9 Å². The van der Waals surface area contributed by atoms with E-state index < -0.39 is 0 Å². The molecule has 3 atom stereocenters. The maximum Gasteiger partial charge on any atom is 0.242 e. The highest BCUT2D eigenvalue weighted by Crippen LogP contribution is 2.27. The van der Waals surface area contributed by atoms with E-state index in [0.717, 1.165) is 48.8 Å². The van der Waals surface area contributed by atoms with Crippen molar-refractivity contribution in [3.8, 4) is 0 Å². The number of hydrogen-bond donors (Lipinski definition) is 0. The SMILES string of the molecule is C[C@@H]1CCCN(C(=O)CSc2nc3ccccc3n2CC(=O)N2C[C@@H](C)C[C@H](C)C2)C1. The molecule has 0 bridgehead atoms. The maximum absolute atomic E-state index is 13.2. The van der Waals surface area contributed by atoms with Crippen LogP contribution in [0.3, 0.4) is 0 Å². The number of imidazole rings is 1. The molecule has 0 spiro atoms. The first-order chi connectivity index (χ1) is 14.9. The van der Waals surface area contributed by atoms with E-state index in [-0.39, 0.29) is 18.4 Å². The van der Waals surface area contributed by atoms with Crippen LogP contribution in [0.5, 0.6) is 0 Å². The minimum Gasteiger partial charge on any atom is -0.342 e. The number of hydrogen-bond acceptors (Lipinski definition) is 4. The molecule has 0 radical (unpaired) electrons. The van der Waals surface area contributed by atoms with Crippen LogP contribution in [0.2, 0.25) is 0 Å². The lowest BCUT2D eigenvalue weighted by Crippen LogP contribution is -2.44. The lowest BCUT2D eigenvalue weighted by Gasteiger charge is -2.35. The molecule has 31 heavy (non-hydrogen) atoms. The van der Waals surface area contributed by atoms with Crippen molar-refractivity contribution in [2.24, 2.45) is 17.8 Å². The molecule has 168 valence electrons. The average Bonchev–Trinajstić information content (AvgIpc) is 3.08. The summed E-state index contributed by atoms with van der Waals surface area (Å²) in [6.07, 6.45) is 3.45. The average molecular weight is 443 g/mol. The second kappa shape index (κ2) is 9.63. The molecule has 0 N–H and O–H groups in total. The Labute approximate surface area is 189 Å². The summed E-state index contributed by atoms with van der Waals surface area (Å²) >= 11 is 1.46. The van der Waals surface area contributed by atoms with E-state index in [0.29, 0.717) is 23.5 Å². The normalized spacial score (nSPS) is 24.5. The van der Waals surface area contributed by atoms with Crippen LogP contribution in [0.4, 0.5) is 0 Å². The molecule has 2 aromatic rings. The fourth-order valence-electron chi connectivity index (χ4n) is 5.05. The zero-order valence-electron chi connectivity index (χ0n) is 18.9. The number of piperidine rings is 2. The Morgan fingerprint density at radius 2 is 1.71 bits per heavy atom. The van der Waals surface area contributed by atoms with Crippen molar-refractivity contribution in [1.82, 2.24) is 19.4 Å². The van der Waals surface area contributed by atoms with Gasteiger partial charge in [-0.1, -0.05) is 44.7 Å². The van der Waals surface area contributed by atoms with Gasteiger partial charge in [0, 0.05) is 26.2 Å². The number of aromatic nitrogens is 2. The molecular weight excluding hydrogens is 408 g/mol. The van der Waals surface area contributed by atoms with Gasteiger partial charge in [0.05, 0.1) is 16.8 Å². The summed E-state index contributed by atoms with van der Waals surface area (Å²) in [5.41, 5.74) is 1.83. The molecule has 7 heteroatoms. The van der Waals surface area contributed by atoms with Crippen LogP contribution in [-0.4, -0.2) is 63.1 Å². The smallest absolute Gasteiger partial charge is 0.242 e. The van der Waals surface area contributed by atoms with E-state index in [2.05, 4.69) is 20.8 Å². The van der Waals surface area contributed by atoms with Crippen molar-refractivity contribution in [3.05, 3.63) is 24.3 Å². The van der Waals surface area contributed by atoms with Crippen molar-refractivity contribution in [1.29, 1.82) is 0 Å². The zero-order chi connectivity index (χ0) is 22.0. The fourth-order valence-corrected chi connectivity index (χ4v) is 5.97. The van der Waals surface area contributed by atoms with Gasteiger partial charge in [-0.2, -0.15) is 0 Å².